The van der Waals surface area contributed by atoms with Crippen LogP contribution in [0.1, 0.15) is 36.7 Å². The number of phenols is 1. The van der Waals surface area contributed by atoms with Gasteiger partial charge in [0.2, 0.25) is 0 Å². The summed E-state index contributed by atoms with van der Waals surface area (Å²) in [6.45, 7) is 6.03. The Balaban J connectivity index is 2.25. The number of nitro benzene ring substituents is 1. The molecule has 2 aromatic carbocycles. The molecular weight excluding hydrogens is 296 g/mol. The second-order valence-electron chi connectivity index (χ2n) is 6.24. The van der Waals surface area contributed by atoms with E-state index in [1.54, 1.807) is 12.1 Å². The van der Waals surface area contributed by atoms with Crippen LogP contribution in [0.25, 0.3) is 0 Å². The van der Waals surface area contributed by atoms with E-state index in [0.717, 1.165) is 5.56 Å². The number of nitrogens with one attached hydrogen (secondary N) is 1. The molecule has 2 rings (SSSR count). The van der Waals surface area contributed by atoms with Crippen molar-refractivity contribution in [1.29, 1.82) is 0 Å². The Hall–Kier alpha value is -2.89. The number of nitro groups is 1. The van der Waals surface area contributed by atoms with Gasteiger partial charge in [0, 0.05) is 17.8 Å². The third-order valence-corrected chi connectivity index (χ3v) is 3.44. The molecule has 0 spiro atoms. The molecule has 0 fully saturated rings. The summed E-state index contributed by atoms with van der Waals surface area (Å²) >= 11 is 0. The van der Waals surface area contributed by atoms with Crippen LogP contribution in [-0.4, -0.2) is 15.9 Å². The fourth-order valence-corrected chi connectivity index (χ4v) is 2.05. The number of non-ortho nitro benzene ring substituents is 1. The number of carbonyl (C=O) groups is 1. The Morgan fingerprint density at radius 1 is 1.13 bits per heavy atom. The lowest BCUT2D eigenvalue weighted by atomic mass is 9.86. The van der Waals surface area contributed by atoms with Gasteiger partial charge in [0.15, 0.2) is 0 Å². The van der Waals surface area contributed by atoms with Gasteiger partial charge in [0.05, 0.1) is 10.5 Å². The van der Waals surface area contributed by atoms with E-state index in [1.807, 2.05) is 20.8 Å². The molecule has 0 aliphatic heterocycles. The molecule has 120 valence electrons. The first kappa shape index (κ1) is 16.5. The van der Waals surface area contributed by atoms with E-state index in [9.17, 15) is 20.0 Å². The summed E-state index contributed by atoms with van der Waals surface area (Å²) in [6, 6.07) is 10.4. The van der Waals surface area contributed by atoms with Crippen molar-refractivity contribution in [1.82, 2.24) is 0 Å². The average Bonchev–Trinajstić information content (AvgIpc) is 2.46. The predicted molar refractivity (Wildman–Crippen MR) is 87.9 cm³/mol. The monoisotopic (exact) mass is 314 g/mol. The van der Waals surface area contributed by atoms with Crippen molar-refractivity contribution in [2.45, 2.75) is 26.2 Å². The van der Waals surface area contributed by atoms with Crippen molar-refractivity contribution in [3.8, 4) is 5.75 Å². The van der Waals surface area contributed by atoms with E-state index >= 15 is 0 Å². The number of phenolic OH excluding ortho intramolecular Hbond substituents is 1. The van der Waals surface area contributed by atoms with Crippen molar-refractivity contribution in [2.75, 3.05) is 5.32 Å². The van der Waals surface area contributed by atoms with E-state index in [1.165, 1.54) is 30.3 Å². The highest BCUT2D eigenvalue weighted by Gasteiger charge is 2.19. The number of carbonyl (C=O) groups excluding carboxylic acids is 1. The third-order valence-electron chi connectivity index (χ3n) is 3.44. The Morgan fingerprint density at radius 2 is 1.74 bits per heavy atom. The van der Waals surface area contributed by atoms with E-state index in [4.69, 9.17) is 0 Å². The van der Waals surface area contributed by atoms with Crippen LogP contribution < -0.4 is 5.32 Å². The minimum Gasteiger partial charge on any atom is -0.507 e. The van der Waals surface area contributed by atoms with Crippen LogP contribution in [0.4, 0.5) is 11.4 Å². The average molecular weight is 314 g/mol. The van der Waals surface area contributed by atoms with Gasteiger partial charge in [0.25, 0.3) is 11.6 Å². The molecule has 0 unspecified atom stereocenters. The maximum atomic E-state index is 12.3. The van der Waals surface area contributed by atoms with Gasteiger partial charge in [-0.25, -0.2) is 0 Å². The zero-order chi connectivity index (χ0) is 17.2. The normalized spacial score (nSPS) is 11.1. The van der Waals surface area contributed by atoms with Crippen LogP contribution in [0, 0.1) is 10.1 Å². The van der Waals surface area contributed by atoms with Gasteiger partial charge in [0.1, 0.15) is 5.75 Å². The number of hydrogen-bond donors (Lipinski definition) is 2. The second kappa shape index (κ2) is 6.08. The molecule has 0 aromatic heterocycles. The van der Waals surface area contributed by atoms with Gasteiger partial charge in [-0.05, 0) is 35.2 Å². The fraction of sp³-hybridized carbons (Fsp3) is 0.235. The number of benzene rings is 2. The quantitative estimate of drug-likeness (QED) is 0.664. The molecule has 6 heteroatoms. The summed E-state index contributed by atoms with van der Waals surface area (Å²) in [5, 5.41) is 23.2. The molecule has 0 saturated heterocycles. The molecule has 2 aromatic rings. The number of anilines is 1. The summed E-state index contributed by atoms with van der Waals surface area (Å²) in [5.74, 6) is -0.583. The number of hydrogen-bond acceptors (Lipinski definition) is 4. The largest absolute Gasteiger partial charge is 0.507 e. The fourth-order valence-electron chi connectivity index (χ4n) is 2.05. The zero-order valence-electron chi connectivity index (χ0n) is 13.2. The second-order valence-corrected chi connectivity index (χ2v) is 6.24. The molecule has 2 N–H and O–H groups in total. The van der Waals surface area contributed by atoms with Gasteiger partial charge in [-0.2, -0.15) is 0 Å². The molecule has 0 aliphatic rings. The van der Waals surface area contributed by atoms with E-state index in [-0.39, 0.29) is 22.4 Å². The number of amides is 1. The summed E-state index contributed by atoms with van der Waals surface area (Å²) in [4.78, 5) is 22.4. The Labute approximate surface area is 133 Å². The number of nitrogens with zero attached hydrogens (tertiary/aromatic N) is 1. The maximum Gasteiger partial charge on any atom is 0.269 e. The first-order valence-electron chi connectivity index (χ1n) is 7.08. The summed E-state index contributed by atoms with van der Waals surface area (Å²) in [6.07, 6.45) is 0. The molecule has 0 atom stereocenters. The predicted octanol–water partition coefficient (Wildman–Crippen LogP) is 3.85. The van der Waals surface area contributed by atoms with Crippen molar-refractivity contribution in [3.63, 3.8) is 0 Å². The topological polar surface area (TPSA) is 92.5 Å². The summed E-state index contributed by atoms with van der Waals surface area (Å²) in [5.41, 5.74) is 1.29. The van der Waals surface area contributed by atoms with Gasteiger partial charge in [-0.15, -0.1) is 0 Å². The van der Waals surface area contributed by atoms with Crippen LogP contribution in [0.15, 0.2) is 42.5 Å². The molecule has 23 heavy (non-hydrogen) atoms. The number of rotatable bonds is 3. The van der Waals surface area contributed by atoms with Crippen LogP contribution in [0.5, 0.6) is 5.75 Å². The van der Waals surface area contributed by atoms with Crippen molar-refractivity contribution < 1.29 is 14.8 Å². The lowest BCUT2D eigenvalue weighted by Gasteiger charge is -2.20. The van der Waals surface area contributed by atoms with E-state index < -0.39 is 10.8 Å². The minimum atomic E-state index is -0.510. The van der Waals surface area contributed by atoms with E-state index in [2.05, 4.69) is 5.32 Å². The standard InChI is InChI=1S/C17H18N2O4/c1-17(2,3)11-4-9-15(20)14(10-11)16(21)18-12-5-7-13(8-6-12)19(22)23/h4-10,20H,1-3H3,(H,18,21). The van der Waals surface area contributed by atoms with Crippen molar-refractivity contribution >= 4 is 17.3 Å². The molecular formula is C17H18N2O4. The molecule has 0 heterocycles. The zero-order valence-corrected chi connectivity index (χ0v) is 13.2. The van der Waals surface area contributed by atoms with Crippen molar-refractivity contribution in [2.24, 2.45) is 0 Å². The third kappa shape index (κ3) is 3.85. The molecule has 0 bridgehead atoms. The molecule has 0 aliphatic carbocycles. The Morgan fingerprint density at radius 3 is 2.26 bits per heavy atom. The van der Waals surface area contributed by atoms with E-state index in [0.29, 0.717) is 5.69 Å². The minimum absolute atomic E-state index is 0.0550. The summed E-state index contributed by atoms with van der Waals surface area (Å²) in [7, 11) is 0. The van der Waals surface area contributed by atoms with Crippen LogP contribution in [-0.2, 0) is 5.41 Å². The van der Waals surface area contributed by atoms with Crippen LogP contribution in [0.3, 0.4) is 0 Å². The highest BCUT2D eigenvalue weighted by atomic mass is 16.6. The first-order chi connectivity index (χ1) is 10.7. The SMILES string of the molecule is CC(C)(C)c1ccc(O)c(C(=O)Nc2ccc([N+](=O)[O-])cc2)c1. The van der Waals surface area contributed by atoms with Gasteiger partial charge < -0.3 is 10.4 Å². The first-order valence-corrected chi connectivity index (χ1v) is 7.08. The van der Waals surface area contributed by atoms with Crippen LogP contribution in [0.2, 0.25) is 0 Å². The molecule has 0 saturated carbocycles. The lowest BCUT2D eigenvalue weighted by Crippen LogP contribution is -2.16. The molecule has 6 nitrogen and oxygen atoms in total. The van der Waals surface area contributed by atoms with Crippen molar-refractivity contribution in [3.05, 3.63) is 63.7 Å². The van der Waals surface area contributed by atoms with Gasteiger partial charge in [-0.3, -0.25) is 14.9 Å². The highest BCUT2D eigenvalue weighted by Crippen LogP contribution is 2.28. The number of aromatic hydroxyl groups is 1. The van der Waals surface area contributed by atoms with Crippen LogP contribution >= 0.6 is 0 Å². The lowest BCUT2D eigenvalue weighted by molar-refractivity contribution is -0.384. The smallest absolute Gasteiger partial charge is 0.269 e. The van der Waals surface area contributed by atoms with Gasteiger partial charge >= 0.3 is 0 Å². The molecule has 0 radical (unpaired) electrons. The molecule has 1 amide bonds. The Kier molecular flexibility index (Phi) is 4.36. The Bertz CT molecular complexity index is 746. The summed E-state index contributed by atoms with van der Waals surface area (Å²) < 4.78 is 0. The maximum absolute atomic E-state index is 12.3. The van der Waals surface area contributed by atoms with Gasteiger partial charge in [-0.1, -0.05) is 26.8 Å². The highest BCUT2D eigenvalue weighted by molar-refractivity contribution is 6.06.